The van der Waals surface area contributed by atoms with Crippen molar-refractivity contribution >= 4 is 23.3 Å². The van der Waals surface area contributed by atoms with Crippen LogP contribution in [-0.4, -0.2) is 11.9 Å². The van der Waals surface area contributed by atoms with Crippen LogP contribution in [0.2, 0.25) is 0 Å². The number of hydrogen-bond acceptors (Lipinski definition) is 2. The summed E-state index contributed by atoms with van der Waals surface area (Å²) in [4.78, 5) is 22.9. The number of nitrogens with one attached hydrogen (secondary N) is 3. The van der Waals surface area contributed by atoms with Crippen LogP contribution in [0.25, 0.3) is 0 Å². The fraction of sp³-hybridized carbons (Fsp3) is 0.176. The summed E-state index contributed by atoms with van der Waals surface area (Å²) >= 11 is 0. The molecule has 114 valence electrons. The molecule has 3 amide bonds. The van der Waals surface area contributed by atoms with E-state index >= 15 is 0 Å². The molecule has 5 heteroatoms. The number of anilines is 2. The lowest BCUT2D eigenvalue weighted by Crippen LogP contribution is -2.31. The highest BCUT2D eigenvalue weighted by atomic mass is 16.2. The van der Waals surface area contributed by atoms with Crippen LogP contribution in [0.15, 0.2) is 54.6 Å². The van der Waals surface area contributed by atoms with Gasteiger partial charge in [0.25, 0.3) is 0 Å². The van der Waals surface area contributed by atoms with Crippen molar-refractivity contribution in [2.45, 2.75) is 19.9 Å². The minimum Gasteiger partial charge on any atom is -0.331 e. The second kappa shape index (κ2) is 7.26. The monoisotopic (exact) mass is 297 g/mol. The van der Waals surface area contributed by atoms with Crippen molar-refractivity contribution in [3.8, 4) is 0 Å². The van der Waals surface area contributed by atoms with Crippen LogP contribution in [0, 0.1) is 0 Å². The van der Waals surface area contributed by atoms with Crippen molar-refractivity contribution in [2.75, 3.05) is 10.6 Å². The zero-order chi connectivity index (χ0) is 15.9. The van der Waals surface area contributed by atoms with Crippen molar-refractivity contribution in [2.24, 2.45) is 0 Å². The Kier molecular flexibility index (Phi) is 5.14. The number of hydrogen-bond donors (Lipinski definition) is 3. The van der Waals surface area contributed by atoms with E-state index in [1.165, 1.54) is 6.92 Å². The maximum absolute atomic E-state index is 12.0. The van der Waals surface area contributed by atoms with E-state index in [-0.39, 0.29) is 18.0 Å². The molecule has 0 unspecified atom stereocenters. The standard InChI is InChI=1S/C17H19N3O2/c1-12(14-6-4-3-5-7-14)18-17(22)20-16-10-8-15(9-11-16)19-13(2)21/h3-12H,1-2H3,(H,19,21)(H2,18,20,22)/t12-/m0/s1. The van der Waals surface area contributed by atoms with Crippen LogP contribution < -0.4 is 16.0 Å². The normalized spacial score (nSPS) is 11.4. The van der Waals surface area contributed by atoms with Gasteiger partial charge >= 0.3 is 6.03 Å². The second-order valence-corrected chi connectivity index (χ2v) is 4.99. The first-order chi connectivity index (χ1) is 10.5. The number of amides is 3. The quantitative estimate of drug-likeness (QED) is 0.808. The first kappa shape index (κ1) is 15.6. The number of rotatable bonds is 4. The lowest BCUT2D eigenvalue weighted by atomic mass is 10.1. The molecule has 5 nitrogen and oxygen atoms in total. The molecule has 0 heterocycles. The molecule has 0 saturated heterocycles. The summed E-state index contributed by atoms with van der Waals surface area (Å²) in [6.07, 6.45) is 0. The van der Waals surface area contributed by atoms with Gasteiger partial charge in [-0.05, 0) is 36.8 Å². The van der Waals surface area contributed by atoms with E-state index in [0.717, 1.165) is 5.56 Å². The van der Waals surface area contributed by atoms with Gasteiger partial charge in [-0.15, -0.1) is 0 Å². The van der Waals surface area contributed by atoms with Crippen LogP contribution in [0.5, 0.6) is 0 Å². The predicted octanol–water partition coefficient (Wildman–Crippen LogP) is 3.53. The van der Waals surface area contributed by atoms with Crippen molar-refractivity contribution in [3.05, 3.63) is 60.2 Å². The average molecular weight is 297 g/mol. The van der Waals surface area contributed by atoms with Crippen LogP contribution in [0.1, 0.15) is 25.5 Å². The summed E-state index contributed by atoms with van der Waals surface area (Å²) in [7, 11) is 0. The van der Waals surface area contributed by atoms with Crippen molar-refractivity contribution in [1.82, 2.24) is 5.32 Å². The SMILES string of the molecule is CC(=O)Nc1ccc(NC(=O)N[C@@H](C)c2ccccc2)cc1. The molecular formula is C17H19N3O2. The third-order valence-corrected chi connectivity index (χ3v) is 3.11. The van der Waals surface area contributed by atoms with E-state index in [1.54, 1.807) is 24.3 Å². The van der Waals surface area contributed by atoms with E-state index < -0.39 is 0 Å². The molecule has 3 N–H and O–H groups in total. The Morgan fingerprint density at radius 3 is 1.95 bits per heavy atom. The Bertz CT molecular complexity index is 639. The maximum Gasteiger partial charge on any atom is 0.319 e. The summed E-state index contributed by atoms with van der Waals surface area (Å²) in [5, 5.41) is 8.30. The molecule has 0 bridgehead atoms. The highest BCUT2D eigenvalue weighted by Gasteiger charge is 2.09. The van der Waals surface area contributed by atoms with Gasteiger partial charge in [-0.1, -0.05) is 30.3 Å². The molecule has 0 spiro atoms. The molecule has 0 fully saturated rings. The number of carbonyl (C=O) groups is 2. The molecule has 0 aliphatic heterocycles. The van der Waals surface area contributed by atoms with Gasteiger partial charge in [-0.2, -0.15) is 0 Å². The number of benzene rings is 2. The van der Waals surface area contributed by atoms with Crippen molar-refractivity contribution in [1.29, 1.82) is 0 Å². The largest absolute Gasteiger partial charge is 0.331 e. The van der Waals surface area contributed by atoms with Gasteiger partial charge in [0.2, 0.25) is 5.91 Å². The van der Waals surface area contributed by atoms with Crippen LogP contribution in [0.3, 0.4) is 0 Å². The zero-order valence-corrected chi connectivity index (χ0v) is 12.6. The Hall–Kier alpha value is -2.82. The number of urea groups is 1. The third kappa shape index (κ3) is 4.63. The lowest BCUT2D eigenvalue weighted by Gasteiger charge is -2.15. The molecule has 2 aromatic rings. The van der Waals surface area contributed by atoms with E-state index in [4.69, 9.17) is 0 Å². The van der Waals surface area contributed by atoms with Crippen LogP contribution in [0.4, 0.5) is 16.2 Å². The molecule has 0 saturated carbocycles. The van der Waals surface area contributed by atoms with Crippen LogP contribution in [-0.2, 0) is 4.79 Å². The van der Waals surface area contributed by atoms with Gasteiger partial charge in [0.1, 0.15) is 0 Å². The zero-order valence-electron chi connectivity index (χ0n) is 12.6. The summed E-state index contributed by atoms with van der Waals surface area (Å²) in [6.45, 7) is 3.37. The van der Waals surface area contributed by atoms with E-state index in [0.29, 0.717) is 11.4 Å². The summed E-state index contributed by atoms with van der Waals surface area (Å²) in [5.41, 5.74) is 2.39. The fourth-order valence-corrected chi connectivity index (χ4v) is 2.03. The summed E-state index contributed by atoms with van der Waals surface area (Å²) < 4.78 is 0. The Labute approximate surface area is 129 Å². The van der Waals surface area contributed by atoms with Gasteiger partial charge in [0.15, 0.2) is 0 Å². The summed E-state index contributed by atoms with van der Waals surface area (Å²) in [5.74, 6) is -0.130. The third-order valence-electron chi connectivity index (χ3n) is 3.11. The molecule has 0 radical (unpaired) electrons. The van der Waals surface area contributed by atoms with E-state index in [9.17, 15) is 9.59 Å². The average Bonchev–Trinajstić information content (AvgIpc) is 2.49. The first-order valence-electron chi connectivity index (χ1n) is 7.04. The highest BCUT2D eigenvalue weighted by molar-refractivity contribution is 5.91. The van der Waals surface area contributed by atoms with Gasteiger partial charge < -0.3 is 16.0 Å². The first-order valence-corrected chi connectivity index (χ1v) is 7.04. The van der Waals surface area contributed by atoms with Crippen molar-refractivity contribution in [3.63, 3.8) is 0 Å². The molecule has 2 aromatic carbocycles. The van der Waals surface area contributed by atoms with Gasteiger partial charge in [-0.3, -0.25) is 4.79 Å². The molecule has 22 heavy (non-hydrogen) atoms. The van der Waals surface area contributed by atoms with Gasteiger partial charge in [0, 0.05) is 18.3 Å². The lowest BCUT2D eigenvalue weighted by molar-refractivity contribution is -0.114. The molecule has 0 aliphatic rings. The molecule has 1 atom stereocenters. The minimum atomic E-state index is -0.274. The second-order valence-electron chi connectivity index (χ2n) is 4.99. The Morgan fingerprint density at radius 2 is 1.41 bits per heavy atom. The van der Waals surface area contributed by atoms with Gasteiger partial charge in [0.05, 0.1) is 6.04 Å². The molecule has 2 rings (SSSR count). The van der Waals surface area contributed by atoms with Crippen molar-refractivity contribution < 1.29 is 9.59 Å². The van der Waals surface area contributed by atoms with E-state index in [2.05, 4.69) is 16.0 Å². The minimum absolute atomic E-state index is 0.0835. The highest BCUT2D eigenvalue weighted by Crippen LogP contribution is 2.15. The number of carbonyl (C=O) groups excluding carboxylic acids is 2. The van der Waals surface area contributed by atoms with Crippen LogP contribution >= 0.6 is 0 Å². The Morgan fingerprint density at radius 1 is 0.864 bits per heavy atom. The molecule has 0 aromatic heterocycles. The predicted molar refractivity (Wildman–Crippen MR) is 87.8 cm³/mol. The molecule has 0 aliphatic carbocycles. The topological polar surface area (TPSA) is 70.2 Å². The smallest absolute Gasteiger partial charge is 0.319 e. The maximum atomic E-state index is 12.0. The van der Waals surface area contributed by atoms with E-state index in [1.807, 2.05) is 37.3 Å². The molecular weight excluding hydrogens is 278 g/mol. The van der Waals surface area contributed by atoms with Gasteiger partial charge in [-0.25, -0.2) is 4.79 Å². The fourth-order valence-electron chi connectivity index (χ4n) is 2.03. The summed E-state index contributed by atoms with van der Waals surface area (Å²) in [6, 6.07) is 16.3. The Balaban J connectivity index is 1.90.